The fourth-order valence-corrected chi connectivity index (χ4v) is 4.48. The second-order valence-corrected chi connectivity index (χ2v) is 7.75. The van der Waals surface area contributed by atoms with Crippen LogP contribution in [0.1, 0.15) is 29.3 Å². The first-order chi connectivity index (χ1) is 9.54. The van der Waals surface area contributed by atoms with Crippen molar-refractivity contribution < 1.29 is 0 Å². The van der Waals surface area contributed by atoms with Crippen LogP contribution in [0.15, 0.2) is 18.2 Å². The van der Waals surface area contributed by atoms with Crippen molar-refractivity contribution in [2.75, 3.05) is 5.32 Å². The van der Waals surface area contributed by atoms with Gasteiger partial charge in [-0.05, 0) is 43.0 Å². The van der Waals surface area contributed by atoms with Gasteiger partial charge < -0.3 is 5.32 Å². The molecular weight excluding hydrogens is 356 g/mol. The van der Waals surface area contributed by atoms with Gasteiger partial charge in [0.2, 0.25) is 0 Å². The van der Waals surface area contributed by atoms with Crippen molar-refractivity contribution in [3.8, 4) is 0 Å². The third kappa shape index (κ3) is 2.90. The summed E-state index contributed by atoms with van der Waals surface area (Å²) in [4.78, 5) is 1.36. The fourth-order valence-electron chi connectivity index (χ4n) is 2.49. The van der Waals surface area contributed by atoms with Gasteiger partial charge in [-0.3, -0.25) is 0 Å². The molecule has 0 saturated heterocycles. The minimum absolute atomic E-state index is 0.220. The van der Waals surface area contributed by atoms with Gasteiger partial charge in [-0.25, -0.2) is 0 Å². The Labute approximate surface area is 141 Å². The Hall–Kier alpha value is -0.120. The SMILES string of the molecule is Clc1cc2c(s1)CCCC2Nc1cc(Cl)c(Cl)cc1Cl. The summed E-state index contributed by atoms with van der Waals surface area (Å²) in [6, 6.07) is 5.70. The maximum absolute atomic E-state index is 6.22. The average Bonchev–Trinajstić information content (AvgIpc) is 2.77. The highest BCUT2D eigenvalue weighted by Crippen LogP contribution is 2.41. The number of thiophene rings is 1. The van der Waals surface area contributed by atoms with Crippen LogP contribution in [0.4, 0.5) is 5.69 Å². The zero-order valence-corrected chi connectivity index (χ0v) is 14.2. The first-order valence-electron chi connectivity index (χ1n) is 6.24. The van der Waals surface area contributed by atoms with E-state index >= 15 is 0 Å². The van der Waals surface area contributed by atoms with Crippen LogP contribution >= 0.6 is 57.7 Å². The summed E-state index contributed by atoms with van der Waals surface area (Å²) in [6.07, 6.45) is 3.29. The van der Waals surface area contributed by atoms with Gasteiger partial charge in [-0.2, -0.15) is 0 Å². The Kier molecular flexibility index (Phi) is 4.40. The van der Waals surface area contributed by atoms with E-state index in [1.54, 1.807) is 23.5 Å². The first-order valence-corrected chi connectivity index (χ1v) is 8.56. The lowest BCUT2D eigenvalue weighted by Gasteiger charge is -2.25. The molecule has 6 heteroatoms. The maximum atomic E-state index is 6.22. The van der Waals surface area contributed by atoms with E-state index in [-0.39, 0.29) is 6.04 Å². The molecule has 1 aliphatic rings. The minimum Gasteiger partial charge on any atom is -0.377 e. The zero-order chi connectivity index (χ0) is 14.3. The van der Waals surface area contributed by atoms with Crippen molar-refractivity contribution in [2.24, 2.45) is 0 Å². The van der Waals surface area contributed by atoms with Gasteiger partial charge in [0.1, 0.15) is 0 Å². The van der Waals surface area contributed by atoms with Crippen molar-refractivity contribution in [1.82, 2.24) is 0 Å². The van der Waals surface area contributed by atoms with E-state index < -0.39 is 0 Å². The molecule has 0 spiro atoms. The van der Waals surface area contributed by atoms with E-state index in [9.17, 15) is 0 Å². The van der Waals surface area contributed by atoms with Crippen molar-refractivity contribution in [2.45, 2.75) is 25.3 Å². The Morgan fingerprint density at radius 1 is 1.00 bits per heavy atom. The lowest BCUT2D eigenvalue weighted by atomic mass is 9.94. The monoisotopic (exact) mass is 365 g/mol. The van der Waals surface area contributed by atoms with E-state index in [4.69, 9.17) is 46.4 Å². The average molecular weight is 367 g/mol. The second kappa shape index (κ2) is 5.94. The highest BCUT2D eigenvalue weighted by atomic mass is 35.5. The Morgan fingerprint density at radius 2 is 1.75 bits per heavy atom. The molecule has 2 aromatic rings. The first kappa shape index (κ1) is 14.8. The number of aryl methyl sites for hydroxylation is 1. The summed E-state index contributed by atoms with van der Waals surface area (Å²) >= 11 is 26.0. The topological polar surface area (TPSA) is 12.0 Å². The smallest absolute Gasteiger partial charge is 0.0934 e. The number of rotatable bonds is 2. The van der Waals surface area contributed by atoms with Crippen molar-refractivity contribution in [3.63, 3.8) is 0 Å². The summed E-state index contributed by atoms with van der Waals surface area (Å²) in [5.74, 6) is 0. The molecule has 1 heterocycles. The largest absolute Gasteiger partial charge is 0.377 e. The molecule has 0 amide bonds. The van der Waals surface area contributed by atoms with Gasteiger partial charge in [0.25, 0.3) is 0 Å². The lowest BCUT2D eigenvalue weighted by molar-refractivity contribution is 0.609. The minimum atomic E-state index is 0.220. The molecule has 1 aliphatic carbocycles. The molecule has 1 aromatic heterocycles. The molecule has 0 fully saturated rings. The molecule has 0 aliphatic heterocycles. The van der Waals surface area contributed by atoms with E-state index in [1.165, 1.54) is 10.4 Å². The van der Waals surface area contributed by atoms with Gasteiger partial charge in [0.05, 0.1) is 31.1 Å². The van der Waals surface area contributed by atoms with E-state index in [0.717, 1.165) is 29.3 Å². The number of halogens is 4. The summed E-state index contributed by atoms with van der Waals surface area (Å²) < 4.78 is 0.837. The quantitative estimate of drug-likeness (QED) is 0.573. The van der Waals surface area contributed by atoms with Gasteiger partial charge in [-0.1, -0.05) is 46.4 Å². The highest BCUT2D eigenvalue weighted by Gasteiger charge is 2.23. The Bertz CT molecular complexity index is 653. The molecule has 1 unspecified atom stereocenters. The van der Waals surface area contributed by atoms with Crippen LogP contribution in [0.2, 0.25) is 19.4 Å². The molecule has 1 atom stereocenters. The Morgan fingerprint density at radius 3 is 2.55 bits per heavy atom. The predicted molar refractivity (Wildman–Crippen MR) is 90.1 cm³/mol. The van der Waals surface area contributed by atoms with E-state index in [1.807, 2.05) is 6.07 Å². The van der Waals surface area contributed by atoms with Gasteiger partial charge in [0, 0.05) is 4.88 Å². The van der Waals surface area contributed by atoms with Gasteiger partial charge in [0.15, 0.2) is 0 Å². The zero-order valence-electron chi connectivity index (χ0n) is 10.4. The molecule has 1 N–H and O–H groups in total. The maximum Gasteiger partial charge on any atom is 0.0934 e. The summed E-state index contributed by atoms with van der Waals surface area (Å²) in [5, 5.41) is 5.00. The van der Waals surface area contributed by atoms with E-state index in [0.29, 0.717) is 15.1 Å². The lowest BCUT2D eigenvalue weighted by Crippen LogP contribution is -2.15. The third-order valence-corrected chi connectivity index (χ3v) is 5.80. The van der Waals surface area contributed by atoms with E-state index in [2.05, 4.69) is 5.32 Å². The van der Waals surface area contributed by atoms with Crippen LogP contribution in [-0.2, 0) is 6.42 Å². The molecule has 1 aromatic carbocycles. The van der Waals surface area contributed by atoms with Crippen LogP contribution in [0.3, 0.4) is 0 Å². The van der Waals surface area contributed by atoms with Crippen LogP contribution in [0, 0.1) is 0 Å². The van der Waals surface area contributed by atoms with Crippen LogP contribution in [0.5, 0.6) is 0 Å². The predicted octanol–water partition coefficient (Wildman–Crippen LogP) is 6.85. The number of anilines is 1. The van der Waals surface area contributed by atoms with Crippen LogP contribution in [0.25, 0.3) is 0 Å². The molecule has 106 valence electrons. The molecule has 0 radical (unpaired) electrons. The molecular formula is C14H11Cl4NS. The summed E-state index contributed by atoms with van der Waals surface area (Å²) in [7, 11) is 0. The molecule has 1 nitrogen and oxygen atoms in total. The Balaban J connectivity index is 1.91. The van der Waals surface area contributed by atoms with Crippen molar-refractivity contribution >= 4 is 63.4 Å². The van der Waals surface area contributed by atoms with Crippen LogP contribution < -0.4 is 5.32 Å². The van der Waals surface area contributed by atoms with Gasteiger partial charge >= 0.3 is 0 Å². The van der Waals surface area contributed by atoms with Crippen molar-refractivity contribution in [3.05, 3.63) is 48.0 Å². The molecule has 3 rings (SSSR count). The molecule has 20 heavy (non-hydrogen) atoms. The summed E-state index contributed by atoms with van der Waals surface area (Å²) in [6.45, 7) is 0. The van der Waals surface area contributed by atoms with Gasteiger partial charge in [-0.15, -0.1) is 11.3 Å². The standard InChI is InChI=1S/C14H11Cl4NS/c15-8-5-10(17)12(6-9(8)16)19-11-2-1-3-13-7(11)4-14(18)20-13/h4-6,11,19H,1-3H2. The molecule has 0 saturated carbocycles. The fraction of sp³-hybridized carbons (Fsp3) is 0.286. The number of fused-ring (bicyclic) bond motifs is 1. The second-order valence-electron chi connectivity index (χ2n) is 4.76. The number of hydrogen-bond donors (Lipinski definition) is 1. The third-order valence-electron chi connectivity index (χ3n) is 3.42. The van der Waals surface area contributed by atoms with Crippen LogP contribution in [-0.4, -0.2) is 0 Å². The summed E-state index contributed by atoms with van der Waals surface area (Å²) in [5.41, 5.74) is 2.08. The highest BCUT2D eigenvalue weighted by molar-refractivity contribution is 7.16. The number of hydrogen-bond acceptors (Lipinski definition) is 2. The number of nitrogens with one attached hydrogen (secondary N) is 1. The number of benzene rings is 1. The normalized spacial score (nSPS) is 17.9. The molecule has 0 bridgehead atoms. The van der Waals surface area contributed by atoms with Crippen molar-refractivity contribution in [1.29, 1.82) is 0 Å².